The van der Waals surface area contributed by atoms with Crippen molar-refractivity contribution < 1.29 is 13.2 Å². The minimum absolute atomic E-state index is 0.120. The van der Waals surface area contributed by atoms with Gasteiger partial charge in [0.2, 0.25) is 15.9 Å². The Bertz CT molecular complexity index is 1410. The van der Waals surface area contributed by atoms with E-state index in [1.807, 2.05) is 0 Å². The summed E-state index contributed by atoms with van der Waals surface area (Å²) >= 11 is 0. The van der Waals surface area contributed by atoms with Crippen LogP contribution in [-0.2, 0) is 35.5 Å². The van der Waals surface area contributed by atoms with E-state index >= 15 is 0 Å². The van der Waals surface area contributed by atoms with Crippen LogP contribution in [0.4, 0.5) is 5.69 Å². The number of hydrogen-bond acceptors (Lipinski definition) is 6. The van der Waals surface area contributed by atoms with Gasteiger partial charge in [-0.25, -0.2) is 18.2 Å². The number of nitrogens with zero attached hydrogens (tertiary/aromatic N) is 5. The predicted molar refractivity (Wildman–Crippen MR) is 118 cm³/mol. The van der Waals surface area contributed by atoms with E-state index < -0.39 is 27.2 Å². The maximum Gasteiger partial charge on any atom is 0.332 e. The van der Waals surface area contributed by atoms with E-state index in [4.69, 9.17) is 0 Å². The molecule has 2 aromatic heterocycles. The van der Waals surface area contributed by atoms with Crippen LogP contribution in [0.1, 0.15) is 19.3 Å². The van der Waals surface area contributed by atoms with Gasteiger partial charge in [-0.1, -0.05) is 12.5 Å². The minimum Gasteiger partial charge on any atom is -0.324 e. The van der Waals surface area contributed by atoms with Gasteiger partial charge in [0, 0.05) is 32.9 Å². The van der Waals surface area contributed by atoms with Crippen LogP contribution in [-0.4, -0.2) is 50.4 Å². The summed E-state index contributed by atoms with van der Waals surface area (Å²) in [6.07, 6.45) is 4.00. The number of aromatic nitrogens is 4. The van der Waals surface area contributed by atoms with Crippen molar-refractivity contribution in [1.82, 2.24) is 23.0 Å². The number of nitrogens with one attached hydrogen (secondary N) is 1. The lowest BCUT2D eigenvalue weighted by molar-refractivity contribution is -0.116. The van der Waals surface area contributed by atoms with Gasteiger partial charge >= 0.3 is 5.69 Å². The topological polar surface area (TPSA) is 128 Å². The highest BCUT2D eigenvalue weighted by atomic mass is 32.2. The van der Waals surface area contributed by atoms with Crippen LogP contribution in [0.2, 0.25) is 0 Å². The zero-order valence-electron chi connectivity index (χ0n) is 17.8. The Balaban J connectivity index is 1.56. The number of carbonyl (C=O) groups excluding carboxylic acids is 1. The standard InChI is InChI=1S/C20H24N6O5S/c1-23-18-17(19(28)24(2)20(23)29)25(13-21-18)12-16(27)22-14-7-6-8-15(11-14)32(30,31)26-9-4-3-5-10-26/h6-8,11,13H,3-5,9-10,12H2,1-2H3,(H,22,27). The fourth-order valence-corrected chi connectivity index (χ4v) is 5.42. The first-order chi connectivity index (χ1) is 15.2. The Hall–Kier alpha value is -3.25. The van der Waals surface area contributed by atoms with Gasteiger partial charge in [-0.2, -0.15) is 4.31 Å². The molecule has 1 saturated heterocycles. The molecule has 1 aliphatic heterocycles. The fraction of sp³-hybridized carbons (Fsp3) is 0.400. The molecule has 3 aromatic rings. The maximum absolute atomic E-state index is 12.9. The van der Waals surface area contributed by atoms with Crippen molar-refractivity contribution in [2.45, 2.75) is 30.7 Å². The van der Waals surface area contributed by atoms with Crippen LogP contribution in [0.25, 0.3) is 11.2 Å². The van der Waals surface area contributed by atoms with E-state index in [-0.39, 0.29) is 22.6 Å². The monoisotopic (exact) mass is 460 g/mol. The highest BCUT2D eigenvalue weighted by Crippen LogP contribution is 2.23. The normalized spacial score (nSPS) is 15.2. The molecule has 1 aromatic carbocycles. The summed E-state index contributed by atoms with van der Waals surface area (Å²) in [4.78, 5) is 41.4. The first kappa shape index (κ1) is 22.0. The third-order valence-electron chi connectivity index (χ3n) is 5.60. The Morgan fingerprint density at radius 1 is 1.09 bits per heavy atom. The molecule has 0 aliphatic carbocycles. The lowest BCUT2D eigenvalue weighted by Crippen LogP contribution is -2.37. The molecule has 32 heavy (non-hydrogen) atoms. The van der Waals surface area contributed by atoms with Gasteiger partial charge in [-0.05, 0) is 31.0 Å². The van der Waals surface area contributed by atoms with E-state index in [2.05, 4.69) is 10.3 Å². The van der Waals surface area contributed by atoms with E-state index in [9.17, 15) is 22.8 Å². The van der Waals surface area contributed by atoms with Gasteiger partial charge in [0.1, 0.15) is 6.54 Å². The molecule has 4 rings (SSSR count). The molecule has 3 heterocycles. The number of amides is 1. The molecule has 11 nitrogen and oxygen atoms in total. The fourth-order valence-electron chi connectivity index (χ4n) is 3.86. The number of sulfonamides is 1. The Morgan fingerprint density at radius 2 is 1.81 bits per heavy atom. The van der Waals surface area contributed by atoms with Gasteiger partial charge in [0.15, 0.2) is 11.2 Å². The third kappa shape index (κ3) is 3.86. The first-order valence-electron chi connectivity index (χ1n) is 10.2. The van der Waals surface area contributed by atoms with Crippen molar-refractivity contribution in [3.8, 4) is 0 Å². The lowest BCUT2D eigenvalue weighted by Gasteiger charge is -2.26. The van der Waals surface area contributed by atoms with Gasteiger partial charge in [-0.15, -0.1) is 0 Å². The number of anilines is 1. The van der Waals surface area contributed by atoms with Crippen molar-refractivity contribution in [2.75, 3.05) is 18.4 Å². The van der Waals surface area contributed by atoms with E-state index in [1.54, 1.807) is 12.1 Å². The molecular weight excluding hydrogens is 436 g/mol. The molecule has 12 heteroatoms. The van der Waals surface area contributed by atoms with Gasteiger partial charge < -0.3 is 9.88 Å². The van der Waals surface area contributed by atoms with Crippen LogP contribution in [0.15, 0.2) is 45.1 Å². The number of fused-ring (bicyclic) bond motifs is 1. The summed E-state index contributed by atoms with van der Waals surface area (Å²) in [6.45, 7) is 0.751. The second-order valence-electron chi connectivity index (χ2n) is 7.79. The van der Waals surface area contributed by atoms with Crippen LogP contribution in [0, 0.1) is 0 Å². The van der Waals surface area contributed by atoms with Gasteiger partial charge in [0.05, 0.1) is 11.2 Å². The predicted octanol–water partition coefficient (Wildman–Crippen LogP) is 0.247. The average Bonchev–Trinajstić information content (AvgIpc) is 3.20. The van der Waals surface area contributed by atoms with Crippen LogP contribution >= 0.6 is 0 Å². The minimum atomic E-state index is -3.63. The van der Waals surface area contributed by atoms with Crippen LogP contribution < -0.4 is 16.6 Å². The Kier molecular flexibility index (Phi) is 5.73. The van der Waals surface area contributed by atoms with Crippen LogP contribution in [0.3, 0.4) is 0 Å². The second-order valence-corrected chi connectivity index (χ2v) is 9.73. The number of aryl methyl sites for hydroxylation is 1. The summed E-state index contributed by atoms with van der Waals surface area (Å²) in [5.74, 6) is -0.465. The Morgan fingerprint density at radius 3 is 2.53 bits per heavy atom. The summed E-state index contributed by atoms with van der Waals surface area (Å²) in [7, 11) is -0.775. The largest absolute Gasteiger partial charge is 0.332 e. The molecule has 170 valence electrons. The molecule has 0 unspecified atom stereocenters. The highest BCUT2D eigenvalue weighted by molar-refractivity contribution is 7.89. The lowest BCUT2D eigenvalue weighted by atomic mass is 10.2. The quantitative estimate of drug-likeness (QED) is 0.581. The number of hydrogen-bond donors (Lipinski definition) is 1. The number of carbonyl (C=O) groups is 1. The first-order valence-corrected chi connectivity index (χ1v) is 11.6. The molecule has 0 radical (unpaired) electrons. The van der Waals surface area contributed by atoms with Crippen molar-refractivity contribution in [1.29, 1.82) is 0 Å². The van der Waals surface area contributed by atoms with E-state index in [1.165, 1.54) is 46.0 Å². The van der Waals surface area contributed by atoms with Gasteiger partial charge in [-0.3, -0.25) is 18.7 Å². The maximum atomic E-state index is 12.9. The average molecular weight is 461 g/mol. The zero-order valence-corrected chi connectivity index (χ0v) is 18.6. The van der Waals surface area contributed by atoms with Crippen LogP contribution in [0.5, 0.6) is 0 Å². The van der Waals surface area contributed by atoms with Crippen molar-refractivity contribution >= 4 is 32.8 Å². The summed E-state index contributed by atoms with van der Waals surface area (Å²) < 4.78 is 30.8. The Labute approximate surface area is 184 Å². The highest BCUT2D eigenvalue weighted by Gasteiger charge is 2.26. The second kappa shape index (κ2) is 8.36. The number of piperidine rings is 1. The van der Waals surface area contributed by atoms with E-state index in [0.717, 1.165) is 23.8 Å². The van der Waals surface area contributed by atoms with Crippen molar-refractivity contribution in [3.05, 3.63) is 51.4 Å². The molecule has 0 saturated carbocycles. The number of benzene rings is 1. The summed E-state index contributed by atoms with van der Waals surface area (Å²) in [6, 6.07) is 6.11. The van der Waals surface area contributed by atoms with Gasteiger partial charge in [0.25, 0.3) is 5.56 Å². The smallest absolute Gasteiger partial charge is 0.324 e. The molecule has 1 N–H and O–H groups in total. The zero-order chi connectivity index (χ0) is 23.0. The molecule has 1 amide bonds. The third-order valence-corrected chi connectivity index (χ3v) is 7.50. The molecule has 0 bridgehead atoms. The molecular formula is C20H24N6O5S. The van der Waals surface area contributed by atoms with E-state index in [0.29, 0.717) is 18.8 Å². The SMILES string of the molecule is Cn1c(=O)c2c(ncn2CC(=O)Nc2cccc(S(=O)(=O)N3CCCCC3)c2)n(C)c1=O. The molecule has 1 aliphatic rings. The van der Waals surface area contributed by atoms with Crippen molar-refractivity contribution in [3.63, 3.8) is 0 Å². The molecule has 1 fully saturated rings. The molecule has 0 atom stereocenters. The molecule has 0 spiro atoms. The summed E-state index contributed by atoms with van der Waals surface area (Å²) in [5, 5.41) is 2.67. The number of imidazole rings is 1. The summed E-state index contributed by atoms with van der Waals surface area (Å²) in [5.41, 5.74) is -0.420. The number of rotatable bonds is 5. The van der Waals surface area contributed by atoms with Crippen molar-refractivity contribution in [2.24, 2.45) is 14.1 Å².